The lowest BCUT2D eigenvalue weighted by Crippen LogP contribution is -2.33. The summed E-state index contributed by atoms with van der Waals surface area (Å²) in [6.45, 7) is 5.63. The van der Waals surface area contributed by atoms with Crippen molar-refractivity contribution in [2.24, 2.45) is 0 Å². The molecule has 4 N–H and O–H groups in total. The van der Waals surface area contributed by atoms with Crippen LogP contribution in [0.2, 0.25) is 0 Å². The zero-order valence-electron chi connectivity index (χ0n) is 8.85. The summed E-state index contributed by atoms with van der Waals surface area (Å²) in [6, 6.07) is 3.66. The third-order valence-corrected chi connectivity index (χ3v) is 2.28. The van der Waals surface area contributed by atoms with E-state index in [1.807, 2.05) is 19.1 Å². The van der Waals surface area contributed by atoms with Gasteiger partial charge >= 0.3 is 0 Å². The Bertz CT molecular complexity index is 327. The highest BCUT2D eigenvalue weighted by Crippen LogP contribution is 2.17. The van der Waals surface area contributed by atoms with E-state index in [0.29, 0.717) is 5.82 Å². The topological polar surface area (TPSA) is 71.2 Å². The second-order valence-electron chi connectivity index (χ2n) is 3.39. The number of rotatable bonds is 5. The Balaban J connectivity index is 2.72. The highest BCUT2D eigenvalue weighted by Gasteiger charge is 2.12. The first-order valence-corrected chi connectivity index (χ1v) is 4.89. The van der Waals surface area contributed by atoms with E-state index in [1.54, 1.807) is 12.3 Å². The van der Waals surface area contributed by atoms with Crippen LogP contribution in [-0.2, 0) is 0 Å². The number of pyridine rings is 1. The Morgan fingerprint density at radius 3 is 3.00 bits per heavy atom. The number of nitrogen functional groups attached to an aromatic ring is 1. The van der Waals surface area contributed by atoms with E-state index in [-0.39, 0.29) is 18.7 Å². The highest BCUT2D eigenvalue weighted by atomic mass is 16.3. The van der Waals surface area contributed by atoms with Crippen LogP contribution in [0.15, 0.2) is 31.0 Å². The molecular weight excluding hydrogens is 190 g/mol. The lowest BCUT2D eigenvalue weighted by Gasteiger charge is -2.19. The predicted molar refractivity (Wildman–Crippen MR) is 61.3 cm³/mol. The Kier molecular flexibility index (Phi) is 4.27. The van der Waals surface area contributed by atoms with Crippen molar-refractivity contribution in [3.63, 3.8) is 0 Å². The molecule has 1 unspecified atom stereocenters. The van der Waals surface area contributed by atoms with Crippen LogP contribution in [0.1, 0.15) is 18.5 Å². The molecule has 0 aromatic carbocycles. The minimum absolute atomic E-state index is 0.0218. The van der Waals surface area contributed by atoms with Gasteiger partial charge in [-0.2, -0.15) is 0 Å². The van der Waals surface area contributed by atoms with Gasteiger partial charge < -0.3 is 16.2 Å². The monoisotopic (exact) mass is 207 g/mol. The summed E-state index contributed by atoms with van der Waals surface area (Å²) in [5, 5.41) is 12.2. The number of aromatic nitrogens is 1. The fraction of sp³-hybridized carbons (Fsp3) is 0.364. The van der Waals surface area contributed by atoms with E-state index in [4.69, 9.17) is 10.8 Å². The zero-order chi connectivity index (χ0) is 11.3. The largest absolute Gasteiger partial charge is 0.394 e. The maximum atomic E-state index is 9.01. The molecule has 0 aliphatic carbocycles. The van der Waals surface area contributed by atoms with Gasteiger partial charge in [0.25, 0.3) is 0 Å². The highest BCUT2D eigenvalue weighted by molar-refractivity contribution is 5.40. The predicted octanol–water partition coefficient (Wildman–Crippen LogP) is 0.861. The van der Waals surface area contributed by atoms with Crippen LogP contribution < -0.4 is 11.1 Å². The summed E-state index contributed by atoms with van der Waals surface area (Å²) in [4.78, 5) is 4.01. The van der Waals surface area contributed by atoms with E-state index in [0.717, 1.165) is 5.56 Å². The van der Waals surface area contributed by atoms with Crippen LogP contribution in [0, 0.1) is 0 Å². The number of nitrogens with one attached hydrogen (secondary N) is 1. The first kappa shape index (κ1) is 11.7. The summed E-state index contributed by atoms with van der Waals surface area (Å²) < 4.78 is 0. The molecule has 4 nitrogen and oxygen atoms in total. The number of nitrogens with two attached hydrogens (primary N) is 1. The van der Waals surface area contributed by atoms with Gasteiger partial charge in [0.15, 0.2) is 0 Å². The molecule has 1 rings (SSSR count). The number of hydrogen-bond acceptors (Lipinski definition) is 4. The molecule has 0 bridgehead atoms. The number of nitrogens with zero attached hydrogens (tertiary/aromatic N) is 1. The van der Waals surface area contributed by atoms with Crippen molar-refractivity contribution in [2.75, 3.05) is 12.3 Å². The average Bonchev–Trinajstić information content (AvgIpc) is 2.26. The van der Waals surface area contributed by atoms with Crippen molar-refractivity contribution < 1.29 is 5.11 Å². The first-order valence-electron chi connectivity index (χ1n) is 4.89. The molecule has 15 heavy (non-hydrogen) atoms. The molecule has 1 aromatic rings. The van der Waals surface area contributed by atoms with E-state index < -0.39 is 0 Å². The molecule has 0 saturated heterocycles. The summed E-state index contributed by atoms with van der Waals surface area (Å²) >= 11 is 0. The number of aliphatic hydroxyl groups is 1. The van der Waals surface area contributed by atoms with E-state index in [1.165, 1.54) is 0 Å². The average molecular weight is 207 g/mol. The minimum Gasteiger partial charge on any atom is -0.394 e. The van der Waals surface area contributed by atoms with Gasteiger partial charge in [-0.25, -0.2) is 4.98 Å². The van der Waals surface area contributed by atoms with Crippen LogP contribution in [0.5, 0.6) is 0 Å². The molecule has 0 fully saturated rings. The molecule has 82 valence electrons. The third kappa shape index (κ3) is 3.04. The zero-order valence-corrected chi connectivity index (χ0v) is 8.85. The molecule has 4 heteroatoms. The molecule has 1 aromatic heterocycles. The van der Waals surface area contributed by atoms with Crippen LogP contribution in [-0.4, -0.2) is 22.7 Å². The van der Waals surface area contributed by atoms with Crippen molar-refractivity contribution in [1.82, 2.24) is 10.3 Å². The van der Waals surface area contributed by atoms with Gasteiger partial charge in [0.05, 0.1) is 6.61 Å². The smallest absolute Gasteiger partial charge is 0.128 e. The van der Waals surface area contributed by atoms with E-state index in [9.17, 15) is 0 Å². The molecule has 0 aliphatic heterocycles. The van der Waals surface area contributed by atoms with Crippen LogP contribution in [0.25, 0.3) is 0 Å². The lowest BCUT2D eigenvalue weighted by atomic mass is 10.1. The van der Waals surface area contributed by atoms with Crippen molar-refractivity contribution in [2.45, 2.75) is 19.0 Å². The van der Waals surface area contributed by atoms with Gasteiger partial charge in [-0.1, -0.05) is 12.1 Å². The molecule has 0 spiro atoms. The number of aliphatic hydroxyl groups excluding tert-OH is 1. The number of anilines is 1. The third-order valence-electron chi connectivity index (χ3n) is 2.28. The lowest BCUT2D eigenvalue weighted by molar-refractivity contribution is 0.257. The maximum absolute atomic E-state index is 9.01. The van der Waals surface area contributed by atoms with Gasteiger partial charge in [-0.05, 0) is 13.0 Å². The van der Waals surface area contributed by atoms with Crippen LogP contribution >= 0.6 is 0 Å². The Morgan fingerprint density at radius 2 is 2.47 bits per heavy atom. The van der Waals surface area contributed by atoms with Crippen LogP contribution in [0.4, 0.5) is 5.82 Å². The quantitative estimate of drug-likeness (QED) is 0.626. The van der Waals surface area contributed by atoms with E-state index in [2.05, 4.69) is 16.9 Å². The van der Waals surface area contributed by atoms with Gasteiger partial charge in [0.1, 0.15) is 5.82 Å². The summed E-state index contributed by atoms with van der Waals surface area (Å²) in [5.41, 5.74) is 6.67. The molecule has 0 radical (unpaired) electrons. The Morgan fingerprint density at radius 1 is 1.73 bits per heavy atom. The maximum Gasteiger partial charge on any atom is 0.128 e. The standard InChI is InChI=1S/C11H17N3O/c1-3-9(7-15)14-8(2)10-5-4-6-13-11(10)12/h3-6,8-9,14-15H,1,7H2,2H3,(H2,12,13)/t8?,9-/m0/s1. The van der Waals surface area contributed by atoms with Gasteiger partial charge in [-0.15, -0.1) is 6.58 Å². The number of hydrogen-bond donors (Lipinski definition) is 3. The Hall–Kier alpha value is -1.39. The SMILES string of the molecule is C=C[C@@H](CO)NC(C)c1cccnc1N. The molecule has 1 heterocycles. The second kappa shape index (κ2) is 5.48. The van der Waals surface area contributed by atoms with Crippen LogP contribution in [0.3, 0.4) is 0 Å². The molecule has 0 saturated carbocycles. The van der Waals surface area contributed by atoms with Gasteiger partial charge in [0, 0.05) is 23.8 Å². The van der Waals surface area contributed by atoms with Gasteiger partial charge in [-0.3, -0.25) is 0 Å². The molecule has 2 atom stereocenters. The normalized spacial score (nSPS) is 14.5. The Labute approximate surface area is 89.8 Å². The molecule has 0 aliphatic rings. The summed E-state index contributed by atoms with van der Waals surface area (Å²) in [7, 11) is 0. The van der Waals surface area contributed by atoms with Crippen molar-refractivity contribution in [3.8, 4) is 0 Å². The fourth-order valence-electron chi connectivity index (χ4n) is 1.40. The van der Waals surface area contributed by atoms with E-state index >= 15 is 0 Å². The first-order chi connectivity index (χ1) is 7.19. The summed E-state index contributed by atoms with van der Waals surface area (Å²) in [6.07, 6.45) is 3.33. The molecule has 0 amide bonds. The van der Waals surface area contributed by atoms with Crippen molar-refractivity contribution >= 4 is 5.82 Å². The second-order valence-corrected chi connectivity index (χ2v) is 3.39. The molecular formula is C11H17N3O. The van der Waals surface area contributed by atoms with Crippen molar-refractivity contribution in [3.05, 3.63) is 36.5 Å². The van der Waals surface area contributed by atoms with Gasteiger partial charge in [0.2, 0.25) is 0 Å². The minimum atomic E-state index is -0.125. The van der Waals surface area contributed by atoms with Crippen molar-refractivity contribution in [1.29, 1.82) is 0 Å². The fourth-order valence-corrected chi connectivity index (χ4v) is 1.40. The summed E-state index contributed by atoms with van der Waals surface area (Å²) in [5.74, 6) is 0.512.